The van der Waals surface area contributed by atoms with Crippen LogP contribution >= 0.6 is 0 Å². The van der Waals surface area contributed by atoms with Crippen LogP contribution < -0.4 is 21.7 Å². The number of nitrogens with two attached hydrogens (primary N) is 1. The Bertz CT molecular complexity index is 1620. The molecule has 5 amide bonds. The summed E-state index contributed by atoms with van der Waals surface area (Å²) in [4.78, 5) is 69.7. The normalized spacial score (nSPS) is 16.6. The van der Waals surface area contributed by atoms with Crippen molar-refractivity contribution in [1.29, 1.82) is 0 Å². The lowest BCUT2D eigenvalue weighted by Crippen LogP contribution is -2.58. The second kappa shape index (κ2) is 15.8. The van der Waals surface area contributed by atoms with Gasteiger partial charge < -0.3 is 31.6 Å². The molecule has 0 radical (unpaired) electrons. The Hall–Kier alpha value is -4.88. The van der Waals surface area contributed by atoms with Gasteiger partial charge in [-0.3, -0.25) is 24.0 Å². The number of fused-ring (bicyclic) bond motifs is 1. The van der Waals surface area contributed by atoms with E-state index < -0.39 is 59.5 Å². The molecule has 0 bridgehead atoms. The van der Waals surface area contributed by atoms with Crippen molar-refractivity contribution in [2.45, 2.75) is 89.1 Å². The molecule has 3 aromatic rings. The van der Waals surface area contributed by atoms with E-state index in [1.54, 1.807) is 6.20 Å². The van der Waals surface area contributed by atoms with E-state index in [1.807, 2.05) is 31.2 Å². The summed E-state index contributed by atoms with van der Waals surface area (Å²) in [6, 6.07) is 7.33. The molecule has 48 heavy (non-hydrogen) atoms. The fourth-order valence-corrected chi connectivity index (χ4v) is 5.92. The number of carbonyl (C=O) groups excluding carboxylic acids is 5. The number of rotatable bonds is 14. The average Bonchev–Trinajstić information content (AvgIpc) is 3.70. The Balaban J connectivity index is 1.54. The third-order valence-corrected chi connectivity index (χ3v) is 8.55. The number of hydrogen-bond acceptors (Lipinski definition) is 5. The largest absolute Gasteiger partial charge is 0.416 e. The number of alkyl halides is 3. The molecule has 2 heterocycles. The molecule has 1 saturated heterocycles. The second-order valence-corrected chi connectivity index (χ2v) is 12.1. The van der Waals surface area contributed by atoms with Crippen molar-refractivity contribution in [1.82, 2.24) is 25.8 Å². The SMILES string of the molecule is CCCC[C@H](NC(=O)[C@@H](Cc1ccc(C(F)(F)F)cc1)NC(=O)[C@@H]1CCCN1C(C)=O)C(=O)N[C@@H](Cc1c[nH]c2ccccc12)C(N)=O. The van der Waals surface area contributed by atoms with Crippen LogP contribution in [0.2, 0.25) is 0 Å². The van der Waals surface area contributed by atoms with Crippen LogP contribution in [0, 0.1) is 0 Å². The molecule has 1 aromatic heterocycles. The first-order chi connectivity index (χ1) is 22.8. The molecule has 14 heteroatoms. The van der Waals surface area contributed by atoms with E-state index in [1.165, 1.54) is 24.0 Å². The number of likely N-dealkylation sites (tertiary alicyclic amines) is 1. The van der Waals surface area contributed by atoms with Gasteiger partial charge >= 0.3 is 6.18 Å². The number of nitrogens with one attached hydrogen (secondary N) is 4. The minimum Gasteiger partial charge on any atom is -0.368 e. The first-order valence-electron chi connectivity index (χ1n) is 16.0. The Morgan fingerprint density at radius 2 is 1.60 bits per heavy atom. The smallest absolute Gasteiger partial charge is 0.368 e. The highest BCUT2D eigenvalue weighted by molar-refractivity contribution is 5.96. The van der Waals surface area contributed by atoms with E-state index in [9.17, 15) is 37.1 Å². The van der Waals surface area contributed by atoms with Gasteiger partial charge in [0.15, 0.2) is 0 Å². The number of para-hydroxylation sites is 1. The van der Waals surface area contributed by atoms with Gasteiger partial charge in [0, 0.05) is 43.4 Å². The van der Waals surface area contributed by atoms with Gasteiger partial charge in [-0.2, -0.15) is 13.2 Å². The highest BCUT2D eigenvalue weighted by Gasteiger charge is 2.36. The van der Waals surface area contributed by atoms with Gasteiger partial charge in [0.25, 0.3) is 0 Å². The fourth-order valence-electron chi connectivity index (χ4n) is 5.92. The lowest BCUT2D eigenvalue weighted by atomic mass is 10.0. The zero-order valence-corrected chi connectivity index (χ0v) is 26.9. The summed E-state index contributed by atoms with van der Waals surface area (Å²) in [6.45, 7) is 3.62. The van der Waals surface area contributed by atoms with Gasteiger partial charge in [-0.05, 0) is 48.6 Å². The van der Waals surface area contributed by atoms with E-state index in [4.69, 9.17) is 5.73 Å². The molecular formula is C34H41F3N6O5. The van der Waals surface area contributed by atoms with Crippen molar-refractivity contribution >= 4 is 40.4 Å². The molecule has 258 valence electrons. The number of hydrogen-bond donors (Lipinski definition) is 5. The Morgan fingerprint density at radius 3 is 2.25 bits per heavy atom. The van der Waals surface area contributed by atoms with Crippen molar-refractivity contribution < 1.29 is 37.1 Å². The lowest BCUT2D eigenvalue weighted by Gasteiger charge is -2.27. The van der Waals surface area contributed by atoms with E-state index >= 15 is 0 Å². The highest BCUT2D eigenvalue weighted by Crippen LogP contribution is 2.29. The van der Waals surface area contributed by atoms with Crippen LogP contribution in [0.15, 0.2) is 54.7 Å². The number of benzene rings is 2. The van der Waals surface area contributed by atoms with Gasteiger partial charge in [-0.1, -0.05) is 50.1 Å². The maximum absolute atomic E-state index is 13.8. The number of primary amides is 1. The molecule has 0 spiro atoms. The van der Waals surface area contributed by atoms with E-state index in [-0.39, 0.29) is 25.2 Å². The lowest BCUT2D eigenvalue weighted by molar-refractivity contribution is -0.138. The Kier molecular flexibility index (Phi) is 11.8. The quantitative estimate of drug-likeness (QED) is 0.178. The van der Waals surface area contributed by atoms with E-state index in [2.05, 4.69) is 20.9 Å². The number of carbonyl (C=O) groups is 5. The first-order valence-corrected chi connectivity index (χ1v) is 16.0. The van der Waals surface area contributed by atoms with Crippen molar-refractivity contribution in [3.63, 3.8) is 0 Å². The standard InChI is InChI=1S/C34H41F3N6O5/c1-3-4-9-26(31(46)41-27(30(38)45)18-22-19-39-25-10-6-5-8-24(22)25)40-32(47)28(17-21-12-14-23(15-13-21)34(35,36)37)42-33(48)29-11-7-16-43(29)20(2)44/h5-6,8,10,12-15,19,26-29,39H,3-4,7,9,11,16-18H2,1-2H3,(H2,38,45)(H,40,47)(H,41,46)(H,42,48)/t26-,27-,28+,29-/m0/s1. The van der Waals surface area contributed by atoms with Crippen molar-refractivity contribution in [3.8, 4) is 0 Å². The average molecular weight is 671 g/mol. The summed E-state index contributed by atoms with van der Waals surface area (Å²) in [5.41, 5.74) is 6.74. The number of H-pyrrole nitrogens is 1. The van der Waals surface area contributed by atoms with Crippen molar-refractivity contribution in [2.75, 3.05) is 6.54 Å². The molecule has 1 fully saturated rings. The zero-order chi connectivity index (χ0) is 35.0. The van der Waals surface area contributed by atoms with Gasteiger partial charge in [-0.15, -0.1) is 0 Å². The number of unbranched alkanes of at least 4 members (excludes halogenated alkanes) is 1. The minimum absolute atomic E-state index is 0.0974. The monoisotopic (exact) mass is 670 g/mol. The van der Waals surface area contributed by atoms with Gasteiger partial charge in [-0.25, -0.2) is 0 Å². The molecular weight excluding hydrogens is 629 g/mol. The molecule has 1 aliphatic rings. The number of aromatic amines is 1. The number of amides is 5. The fraction of sp³-hybridized carbons (Fsp3) is 0.441. The minimum atomic E-state index is -4.56. The Labute approximate surface area is 276 Å². The molecule has 11 nitrogen and oxygen atoms in total. The number of halogens is 3. The molecule has 4 rings (SSSR count). The first kappa shape index (κ1) is 36.0. The second-order valence-electron chi connectivity index (χ2n) is 12.1. The molecule has 0 unspecified atom stereocenters. The van der Waals surface area contributed by atoms with Crippen LogP contribution in [0.3, 0.4) is 0 Å². The highest BCUT2D eigenvalue weighted by atomic mass is 19.4. The topological polar surface area (TPSA) is 166 Å². The summed E-state index contributed by atoms with van der Waals surface area (Å²) < 4.78 is 39.5. The third-order valence-electron chi connectivity index (χ3n) is 8.55. The van der Waals surface area contributed by atoms with Crippen molar-refractivity contribution in [3.05, 3.63) is 71.4 Å². The molecule has 4 atom stereocenters. The summed E-state index contributed by atoms with van der Waals surface area (Å²) in [6.07, 6.45) is -0.521. The van der Waals surface area contributed by atoms with Crippen LogP contribution in [0.5, 0.6) is 0 Å². The third kappa shape index (κ3) is 9.14. The predicted molar refractivity (Wildman–Crippen MR) is 172 cm³/mol. The maximum atomic E-state index is 13.8. The summed E-state index contributed by atoms with van der Waals surface area (Å²) in [7, 11) is 0. The van der Waals surface area contributed by atoms with Crippen LogP contribution in [-0.2, 0) is 43.0 Å². The molecule has 6 N–H and O–H groups in total. The zero-order valence-electron chi connectivity index (χ0n) is 26.9. The predicted octanol–water partition coefficient (Wildman–Crippen LogP) is 3.11. The summed E-state index contributed by atoms with van der Waals surface area (Å²) in [5.74, 6) is -3.06. The van der Waals surface area contributed by atoms with E-state index in [0.29, 0.717) is 37.8 Å². The van der Waals surface area contributed by atoms with Crippen LogP contribution in [0.1, 0.15) is 62.6 Å². The van der Waals surface area contributed by atoms with Gasteiger partial charge in [0.1, 0.15) is 24.2 Å². The molecule has 0 aliphatic carbocycles. The van der Waals surface area contributed by atoms with Gasteiger partial charge in [0.05, 0.1) is 5.56 Å². The summed E-state index contributed by atoms with van der Waals surface area (Å²) in [5, 5.41) is 8.88. The molecule has 0 saturated carbocycles. The molecule has 2 aromatic carbocycles. The van der Waals surface area contributed by atoms with Crippen molar-refractivity contribution in [2.24, 2.45) is 5.73 Å². The Morgan fingerprint density at radius 1 is 0.938 bits per heavy atom. The number of aromatic nitrogens is 1. The van der Waals surface area contributed by atoms with Crippen LogP contribution in [0.4, 0.5) is 13.2 Å². The van der Waals surface area contributed by atoms with Crippen LogP contribution in [0.25, 0.3) is 10.9 Å². The number of nitrogens with zero attached hydrogens (tertiary/aromatic N) is 1. The maximum Gasteiger partial charge on any atom is 0.416 e. The van der Waals surface area contributed by atoms with Crippen LogP contribution in [-0.4, -0.2) is 70.1 Å². The van der Waals surface area contributed by atoms with Gasteiger partial charge in [0.2, 0.25) is 29.5 Å². The molecule has 1 aliphatic heterocycles. The summed E-state index contributed by atoms with van der Waals surface area (Å²) >= 11 is 0. The van der Waals surface area contributed by atoms with E-state index in [0.717, 1.165) is 28.6 Å².